The van der Waals surface area contributed by atoms with Gasteiger partial charge < -0.3 is 20.3 Å². The van der Waals surface area contributed by atoms with Crippen molar-refractivity contribution in [3.05, 3.63) is 29.8 Å². The van der Waals surface area contributed by atoms with Crippen LogP contribution < -0.4 is 10.6 Å². The van der Waals surface area contributed by atoms with E-state index in [-0.39, 0.29) is 30.6 Å². The Morgan fingerprint density at radius 2 is 1.96 bits per heavy atom. The Hall–Kier alpha value is -2.08. The van der Waals surface area contributed by atoms with Crippen LogP contribution in [0.4, 0.5) is 5.69 Å². The molecule has 1 heterocycles. The molecular weight excluding hydrogens is 306 g/mol. The van der Waals surface area contributed by atoms with Gasteiger partial charge in [-0.3, -0.25) is 9.59 Å². The van der Waals surface area contributed by atoms with Crippen LogP contribution in [0.1, 0.15) is 37.6 Å². The van der Waals surface area contributed by atoms with Crippen molar-refractivity contribution < 1.29 is 14.3 Å². The van der Waals surface area contributed by atoms with Gasteiger partial charge in [0, 0.05) is 30.9 Å². The number of nitrogens with zero attached hydrogens (tertiary/aromatic N) is 1. The zero-order valence-corrected chi connectivity index (χ0v) is 14.7. The summed E-state index contributed by atoms with van der Waals surface area (Å²) in [6.07, 6.45) is 1.01. The van der Waals surface area contributed by atoms with Crippen LogP contribution in [0.5, 0.6) is 0 Å². The van der Waals surface area contributed by atoms with Crippen LogP contribution in [0.25, 0.3) is 0 Å². The maximum absolute atomic E-state index is 12.4. The number of morpholine rings is 1. The minimum atomic E-state index is -0.0948. The molecule has 2 unspecified atom stereocenters. The van der Waals surface area contributed by atoms with Crippen molar-refractivity contribution in [2.45, 2.75) is 39.4 Å². The van der Waals surface area contributed by atoms with Crippen molar-refractivity contribution >= 4 is 17.5 Å². The zero-order valence-electron chi connectivity index (χ0n) is 14.7. The average Bonchev–Trinajstić information content (AvgIpc) is 2.57. The Kier molecular flexibility index (Phi) is 6.61. The molecule has 1 aromatic carbocycles. The molecule has 1 aliphatic rings. The van der Waals surface area contributed by atoms with E-state index in [0.717, 1.165) is 12.1 Å². The highest BCUT2D eigenvalue weighted by molar-refractivity contribution is 5.95. The summed E-state index contributed by atoms with van der Waals surface area (Å²) in [5.41, 5.74) is 1.36. The molecule has 1 aliphatic heterocycles. The second-order valence-electron chi connectivity index (χ2n) is 6.25. The van der Waals surface area contributed by atoms with Crippen molar-refractivity contribution in [2.75, 3.05) is 31.5 Å². The minimum absolute atomic E-state index is 0.0397. The van der Waals surface area contributed by atoms with Crippen molar-refractivity contribution in [1.29, 1.82) is 0 Å². The fourth-order valence-electron chi connectivity index (χ4n) is 2.78. The zero-order chi connectivity index (χ0) is 17.5. The van der Waals surface area contributed by atoms with Gasteiger partial charge in [-0.2, -0.15) is 0 Å². The monoisotopic (exact) mass is 333 g/mol. The molecular formula is C18H27N3O3. The lowest BCUT2D eigenvalue weighted by molar-refractivity contribution is -0.141. The van der Waals surface area contributed by atoms with E-state index in [4.69, 9.17) is 4.74 Å². The fraction of sp³-hybridized carbons (Fsp3) is 0.556. The lowest BCUT2D eigenvalue weighted by Crippen LogP contribution is -2.49. The first-order valence-electron chi connectivity index (χ1n) is 8.55. The molecule has 0 aliphatic carbocycles. The number of ether oxygens (including phenoxy) is 1. The van der Waals surface area contributed by atoms with Gasteiger partial charge in [0.1, 0.15) is 0 Å². The molecule has 1 aromatic rings. The Morgan fingerprint density at radius 3 is 2.62 bits per heavy atom. The summed E-state index contributed by atoms with van der Waals surface area (Å²) in [4.78, 5) is 26.2. The smallest absolute Gasteiger partial charge is 0.251 e. The molecule has 2 amide bonds. The van der Waals surface area contributed by atoms with Crippen molar-refractivity contribution in [2.24, 2.45) is 0 Å². The molecule has 0 spiro atoms. The van der Waals surface area contributed by atoms with Crippen LogP contribution >= 0.6 is 0 Å². The number of hydrogen-bond acceptors (Lipinski definition) is 4. The number of carbonyl (C=O) groups is 2. The lowest BCUT2D eigenvalue weighted by Gasteiger charge is -2.35. The molecule has 0 aromatic heterocycles. The molecule has 0 bridgehead atoms. The molecule has 2 rings (SSSR count). The van der Waals surface area contributed by atoms with Gasteiger partial charge >= 0.3 is 0 Å². The fourth-order valence-corrected chi connectivity index (χ4v) is 2.78. The summed E-state index contributed by atoms with van der Waals surface area (Å²) in [6, 6.07) is 7.20. The van der Waals surface area contributed by atoms with Gasteiger partial charge in [0.05, 0.1) is 18.8 Å². The second kappa shape index (κ2) is 8.68. The number of rotatable bonds is 6. The first-order valence-corrected chi connectivity index (χ1v) is 8.55. The summed E-state index contributed by atoms with van der Waals surface area (Å²) in [6.45, 7) is 8.05. The summed E-state index contributed by atoms with van der Waals surface area (Å²) in [7, 11) is 0. The Labute approximate surface area is 143 Å². The SMILES string of the molecule is CCCNC(=O)c1cccc(NCC(=O)N2CC(C)OC(C)C2)c1. The highest BCUT2D eigenvalue weighted by Gasteiger charge is 2.25. The van der Waals surface area contributed by atoms with E-state index in [9.17, 15) is 9.59 Å². The molecule has 0 saturated carbocycles. The molecule has 2 atom stereocenters. The summed E-state index contributed by atoms with van der Waals surface area (Å²) >= 11 is 0. The van der Waals surface area contributed by atoms with Gasteiger partial charge in [0.2, 0.25) is 5.91 Å². The molecule has 2 N–H and O–H groups in total. The third-order valence-corrected chi connectivity index (χ3v) is 3.88. The number of anilines is 1. The lowest BCUT2D eigenvalue weighted by atomic mass is 10.2. The van der Waals surface area contributed by atoms with E-state index in [1.165, 1.54) is 0 Å². The first kappa shape index (κ1) is 18.3. The number of hydrogen-bond donors (Lipinski definition) is 2. The van der Waals surface area contributed by atoms with Gasteiger partial charge in [-0.15, -0.1) is 0 Å². The standard InChI is InChI=1S/C18H27N3O3/c1-4-8-19-18(23)15-6-5-7-16(9-15)20-10-17(22)21-11-13(2)24-14(3)12-21/h5-7,9,13-14,20H,4,8,10-12H2,1-3H3,(H,19,23). The highest BCUT2D eigenvalue weighted by atomic mass is 16.5. The van der Waals surface area contributed by atoms with Gasteiger partial charge in [-0.25, -0.2) is 0 Å². The topological polar surface area (TPSA) is 70.7 Å². The average molecular weight is 333 g/mol. The van der Waals surface area contributed by atoms with E-state index < -0.39 is 0 Å². The molecule has 132 valence electrons. The van der Waals surface area contributed by atoms with Gasteiger partial charge in [0.15, 0.2) is 0 Å². The van der Waals surface area contributed by atoms with Crippen LogP contribution in [0.15, 0.2) is 24.3 Å². The molecule has 1 saturated heterocycles. The largest absolute Gasteiger partial charge is 0.376 e. The maximum Gasteiger partial charge on any atom is 0.251 e. The van der Waals surface area contributed by atoms with Gasteiger partial charge in [0.25, 0.3) is 5.91 Å². The Morgan fingerprint density at radius 1 is 1.25 bits per heavy atom. The molecule has 6 nitrogen and oxygen atoms in total. The summed E-state index contributed by atoms with van der Waals surface area (Å²) < 4.78 is 5.64. The second-order valence-corrected chi connectivity index (χ2v) is 6.25. The van der Waals surface area contributed by atoms with Crippen molar-refractivity contribution in [1.82, 2.24) is 10.2 Å². The highest BCUT2D eigenvalue weighted by Crippen LogP contribution is 2.13. The van der Waals surface area contributed by atoms with Crippen LogP contribution in [0.2, 0.25) is 0 Å². The maximum atomic E-state index is 12.4. The quantitative estimate of drug-likeness (QED) is 0.834. The van der Waals surface area contributed by atoms with E-state index >= 15 is 0 Å². The first-order chi connectivity index (χ1) is 11.5. The Bertz CT molecular complexity index is 566. The Balaban J connectivity index is 1.89. The van der Waals surface area contributed by atoms with E-state index in [1.54, 1.807) is 12.1 Å². The molecule has 24 heavy (non-hydrogen) atoms. The number of nitrogens with one attached hydrogen (secondary N) is 2. The van der Waals surface area contributed by atoms with Crippen molar-refractivity contribution in [3.63, 3.8) is 0 Å². The van der Waals surface area contributed by atoms with Gasteiger partial charge in [-0.05, 0) is 38.5 Å². The van der Waals surface area contributed by atoms with Crippen LogP contribution in [-0.4, -0.2) is 55.1 Å². The van der Waals surface area contributed by atoms with Crippen molar-refractivity contribution in [3.8, 4) is 0 Å². The molecule has 1 fully saturated rings. The summed E-state index contributed by atoms with van der Waals surface area (Å²) in [5, 5.41) is 5.96. The van der Waals surface area contributed by atoms with Crippen LogP contribution in [0, 0.1) is 0 Å². The predicted molar refractivity (Wildman–Crippen MR) is 94.1 cm³/mol. The predicted octanol–water partition coefficient (Wildman–Crippen LogP) is 1.87. The third-order valence-electron chi connectivity index (χ3n) is 3.88. The number of carbonyl (C=O) groups excluding carboxylic acids is 2. The van der Waals surface area contributed by atoms with E-state index in [1.807, 2.05) is 37.8 Å². The molecule has 0 radical (unpaired) electrons. The summed E-state index contributed by atoms with van der Waals surface area (Å²) in [5.74, 6) is -0.0551. The molecule has 6 heteroatoms. The van der Waals surface area contributed by atoms with E-state index in [0.29, 0.717) is 25.2 Å². The minimum Gasteiger partial charge on any atom is -0.376 e. The van der Waals surface area contributed by atoms with Crippen LogP contribution in [0.3, 0.4) is 0 Å². The number of amides is 2. The number of benzene rings is 1. The van der Waals surface area contributed by atoms with E-state index in [2.05, 4.69) is 10.6 Å². The third kappa shape index (κ3) is 5.23. The van der Waals surface area contributed by atoms with Gasteiger partial charge in [-0.1, -0.05) is 13.0 Å². The van der Waals surface area contributed by atoms with Crippen LogP contribution in [-0.2, 0) is 9.53 Å². The normalized spacial score (nSPS) is 20.5.